The number of hydrogen-bond acceptors (Lipinski definition) is 2. The van der Waals surface area contributed by atoms with Crippen LogP contribution in [0.15, 0.2) is 54.9 Å². The highest BCUT2D eigenvalue weighted by Crippen LogP contribution is 2.29. The van der Waals surface area contributed by atoms with Crippen LogP contribution in [0.3, 0.4) is 0 Å². The molecule has 1 aromatic carbocycles. The van der Waals surface area contributed by atoms with E-state index < -0.39 is 11.7 Å². The lowest BCUT2D eigenvalue weighted by Gasteiger charge is -2.35. The van der Waals surface area contributed by atoms with Crippen LogP contribution in [0, 0.1) is 0 Å². The largest absolute Gasteiger partial charge is 0.416 e. The summed E-state index contributed by atoms with van der Waals surface area (Å²) in [6, 6.07) is 8.89. The summed E-state index contributed by atoms with van der Waals surface area (Å²) in [5, 5.41) is 0. The Labute approximate surface area is 149 Å². The number of carbonyl (C=O) groups excluding carboxylic acids is 1. The summed E-state index contributed by atoms with van der Waals surface area (Å²) < 4.78 is 38.2. The van der Waals surface area contributed by atoms with Crippen molar-refractivity contribution < 1.29 is 22.9 Å². The number of anilines is 1. The van der Waals surface area contributed by atoms with E-state index in [0.717, 1.165) is 17.8 Å². The van der Waals surface area contributed by atoms with Gasteiger partial charge in [-0.1, -0.05) is 12.1 Å². The third-order valence-electron chi connectivity index (χ3n) is 4.29. The van der Waals surface area contributed by atoms with Gasteiger partial charge in [-0.2, -0.15) is 13.2 Å². The second-order valence-electron chi connectivity index (χ2n) is 6.03. The summed E-state index contributed by atoms with van der Waals surface area (Å²) in [6.07, 6.45) is 2.08. The molecule has 1 saturated heterocycles. The van der Waals surface area contributed by atoms with Gasteiger partial charge in [0.1, 0.15) is 0 Å². The Morgan fingerprint density at radius 2 is 1.73 bits per heavy atom. The Hall–Kier alpha value is -2.83. The first-order valence-corrected chi connectivity index (χ1v) is 8.29. The minimum Gasteiger partial charge on any atom is -0.368 e. The second kappa shape index (κ2) is 7.59. The number of nitrogens with one attached hydrogen (secondary N) is 1. The Bertz CT molecular complexity index is 782. The molecule has 136 valence electrons. The summed E-state index contributed by atoms with van der Waals surface area (Å²) in [4.78, 5) is 19.2. The SMILES string of the molecule is O=C(/C=C/c1cccc(C(F)(F)F)c1)N1CCN(c2cc[nH+]cc2)CC1. The van der Waals surface area contributed by atoms with E-state index in [9.17, 15) is 18.0 Å². The third-order valence-corrected chi connectivity index (χ3v) is 4.29. The molecule has 0 aliphatic carbocycles. The quantitative estimate of drug-likeness (QED) is 0.788. The lowest BCUT2D eigenvalue weighted by Crippen LogP contribution is -2.48. The first kappa shape index (κ1) is 18.0. The van der Waals surface area contributed by atoms with Crippen molar-refractivity contribution in [3.8, 4) is 0 Å². The molecule has 3 rings (SSSR count). The number of rotatable bonds is 3. The van der Waals surface area contributed by atoms with Crippen molar-refractivity contribution in [3.05, 3.63) is 66.0 Å². The van der Waals surface area contributed by atoms with E-state index in [4.69, 9.17) is 0 Å². The molecule has 1 aromatic heterocycles. The molecule has 0 bridgehead atoms. The van der Waals surface area contributed by atoms with Crippen molar-refractivity contribution in [1.29, 1.82) is 0 Å². The molecule has 0 radical (unpaired) electrons. The molecule has 1 N–H and O–H groups in total. The van der Waals surface area contributed by atoms with Crippen LogP contribution < -0.4 is 9.88 Å². The number of H-pyrrole nitrogens is 1. The Morgan fingerprint density at radius 3 is 2.38 bits per heavy atom. The van der Waals surface area contributed by atoms with Crippen LogP contribution in [-0.4, -0.2) is 37.0 Å². The van der Waals surface area contributed by atoms with Crippen molar-refractivity contribution in [2.24, 2.45) is 0 Å². The molecule has 2 heterocycles. The summed E-state index contributed by atoms with van der Waals surface area (Å²) in [6.45, 7) is 2.58. The topological polar surface area (TPSA) is 37.7 Å². The number of nitrogens with zero attached hydrogens (tertiary/aromatic N) is 2. The lowest BCUT2D eigenvalue weighted by molar-refractivity contribution is -0.377. The smallest absolute Gasteiger partial charge is 0.368 e. The molecule has 0 atom stereocenters. The van der Waals surface area contributed by atoms with Crippen LogP contribution >= 0.6 is 0 Å². The van der Waals surface area contributed by atoms with Crippen LogP contribution in [0.4, 0.5) is 18.9 Å². The first-order chi connectivity index (χ1) is 12.4. The van der Waals surface area contributed by atoms with Crippen LogP contribution in [0.2, 0.25) is 0 Å². The van der Waals surface area contributed by atoms with Gasteiger partial charge in [0.05, 0.1) is 5.56 Å². The van der Waals surface area contributed by atoms with Gasteiger partial charge in [0, 0.05) is 50.1 Å². The van der Waals surface area contributed by atoms with Gasteiger partial charge in [0.25, 0.3) is 0 Å². The number of aromatic amines is 1. The number of aromatic nitrogens is 1. The van der Waals surface area contributed by atoms with Crippen molar-refractivity contribution in [2.45, 2.75) is 6.18 Å². The normalized spacial score (nSPS) is 15.5. The van der Waals surface area contributed by atoms with Gasteiger partial charge in [-0.15, -0.1) is 0 Å². The van der Waals surface area contributed by atoms with Gasteiger partial charge in [-0.05, 0) is 23.8 Å². The van der Waals surface area contributed by atoms with Crippen LogP contribution in [0.5, 0.6) is 0 Å². The van der Waals surface area contributed by atoms with Gasteiger partial charge >= 0.3 is 6.18 Å². The molecular weight excluding hydrogens is 343 g/mol. The lowest BCUT2D eigenvalue weighted by atomic mass is 10.1. The molecular formula is C19H19F3N3O+. The zero-order valence-corrected chi connectivity index (χ0v) is 14.0. The van der Waals surface area contributed by atoms with Crippen LogP contribution in [0.25, 0.3) is 6.08 Å². The minimum absolute atomic E-state index is 0.191. The van der Waals surface area contributed by atoms with E-state index in [2.05, 4.69) is 9.88 Å². The molecule has 0 saturated carbocycles. The average molecular weight is 362 g/mol. The molecule has 1 aliphatic rings. The predicted molar refractivity (Wildman–Crippen MR) is 92.3 cm³/mol. The van der Waals surface area contributed by atoms with Gasteiger partial charge in [0.15, 0.2) is 12.4 Å². The number of halogens is 3. The number of piperazine rings is 1. The molecule has 4 nitrogen and oxygen atoms in total. The number of pyridine rings is 1. The maximum Gasteiger partial charge on any atom is 0.416 e. The molecule has 2 aromatic rings. The average Bonchev–Trinajstić information content (AvgIpc) is 2.66. The number of carbonyl (C=O) groups is 1. The molecule has 0 unspecified atom stereocenters. The fourth-order valence-electron chi connectivity index (χ4n) is 2.87. The van der Waals surface area contributed by atoms with E-state index >= 15 is 0 Å². The zero-order chi connectivity index (χ0) is 18.6. The number of amides is 1. The number of hydrogen-bond donors (Lipinski definition) is 0. The maximum absolute atomic E-state index is 12.7. The van der Waals surface area contributed by atoms with Crippen molar-refractivity contribution in [1.82, 2.24) is 4.90 Å². The summed E-state index contributed by atoms with van der Waals surface area (Å²) in [7, 11) is 0. The van der Waals surface area contributed by atoms with Gasteiger partial charge in [0.2, 0.25) is 5.91 Å². The highest BCUT2D eigenvalue weighted by atomic mass is 19.4. The Morgan fingerprint density at radius 1 is 1.04 bits per heavy atom. The van der Waals surface area contributed by atoms with Gasteiger partial charge < -0.3 is 9.80 Å². The molecule has 1 amide bonds. The highest BCUT2D eigenvalue weighted by molar-refractivity contribution is 5.92. The van der Waals surface area contributed by atoms with E-state index in [-0.39, 0.29) is 5.91 Å². The van der Waals surface area contributed by atoms with Crippen molar-refractivity contribution >= 4 is 17.7 Å². The third kappa shape index (κ3) is 4.41. The van der Waals surface area contributed by atoms with E-state index in [1.165, 1.54) is 18.2 Å². The number of benzene rings is 1. The zero-order valence-electron chi connectivity index (χ0n) is 14.0. The van der Waals surface area contributed by atoms with E-state index in [1.807, 2.05) is 24.5 Å². The maximum atomic E-state index is 12.7. The van der Waals surface area contributed by atoms with Crippen LogP contribution in [-0.2, 0) is 11.0 Å². The van der Waals surface area contributed by atoms with Gasteiger partial charge in [-0.25, -0.2) is 4.98 Å². The summed E-state index contributed by atoms with van der Waals surface area (Å²) in [5.41, 5.74) is 0.725. The molecule has 0 spiro atoms. The van der Waals surface area contributed by atoms with Crippen molar-refractivity contribution in [2.75, 3.05) is 31.1 Å². The standard InChI is InChI=1S/C19H18F3N3O/c20-19(21,22)16-3-1-2-15(14-16)4-5-18(26)25-12-10-24(11-13-25)17-6-8-23-9-7-17/h1-9,14H,10-13H2/p+1/b5-4+. The minimum atomic E-state index is -4.39. The second-order valence-corrected chi connectivity index (χ2v) is 6.03. The van der Waals surface area contributed by atoms with E-state index in [0.29, 0.717) is 31.7 Å². The van der Waals surface area contributed by atoms with Crippen molar-refractivity contribution in [3.63, 3.8) is 0 Å². The molecule has 1 fully saturated rings. The molecule has 1 aliphatic heterocycles. The number of alkyl halides is 3. The van der Waals surface area contributed by atoms with E-state index in [1.54, 1.807) is 11.0 Å². The highest BCUT2D eigenvalue weighted by Gasteiger charge is 2.30. The Balaban J connectivity index is 1.58. The molecule has 26 heavy (non-hydrogen) atoms. The fraction of sp³-hybridized carbons (Fsp3) is 0.263. The molecule has 7 heteroatoms. The predicted octanol–water partition coefficient (Wildman–Crippen LogP) is 2.88. The Kier molecular flexibility index (Phi) is 5.25. The summed E-state index contributed by atoms with van der Waals surface area (Å²) in [5.74, 6) is -0.191. The van der Waals surface area contributed by atoms with Gasteiger partial charge in [-0.3, -0.25) is 4.79 Å². The fourth-order valence-corrected chi connectivity index (χ4v) is 2.87. The van der Waals surface area contributed by atoms with Crippen LogP contribution in [0.1, 0.15) is 11.1 Å². The first-order valence-electron chi connectivity index (χ1n) is 8.29. The monoisotopic (exact) mass is 362 g/mol. The summed E-state index contributed by atoms with van der Waals surface area (Å²) >= 11 is 0.